The van der Waals surface area contributed by atoms with Gasteiger partial charge in [0.25, 0.3) is 0 Å². The maximum Gasteiger partial charge on any atom is 0.303 e. The van der Waals surface area contributed by atoms with E-state index in [4.69, 9.17) is 5.11 Å². The first-order valence-electron chi connectivity index (χ1n) is 7.42. The van der Waals surface area contributed by atoms with E-state index < -0.39 is 5.97 Å². The number of hydrogen-bond acceptors (Lipinski definition) is 3. The predicted molar refractivity (Wildman–Crippen MR) is 81.1 cm³/mol. The van der Waals surface area contributed by atoms with E-state index in [2.05, 4.69) is 10.2 Å². The van der Waals surface area contributed by atoms with Crippen molar-refractivity contribution in [1.29, 1.82) is 0 Å². The van der Waals surface area contributed by atoms with Crippen molar-refractivity contribution in [3.8, 4) is 0 Å². The average Bonchev–Trinajstić information content (AvgIpc) is 2.92. The molecule has 1 aromatic rings. The monoisotopic (exact) mass is 290 g/mol. The lowest BCUT2D eigenvalue weighted by Gasteiger charge is -2.15. The maximum absolute atomic E-state index is 11.9. The summed E-state index contributed by atoms with van der Waals surface area (Å²) < 4.78 is 0. The quantitative estimate of drug-likeness (QED) is 0.807. The Morgan fingerprint density at radius 3 is 2.71 bits per heavy atom. The normalized spacial score (nSPS) is 18.6. The lowest BCUT2D eigenvalue weighted by atomic mass is 10.0. The molecule has 1 fully saturated rings. The summed E-state index contributed by atoms with van der Waals surface area (Å²) in [5, 5.41) is 11.6. The molecule has 2 rings (SSSR count). The molecule has 0 aliphatic carbocycles. The van der Waals surface area contributed by atoms with Crippen LogP contribution in [0.3, 0.4) is 0 Å². The van der Waals surface area contributed by atoms with E-state index in [0.717, 1.165) is 38.2 Å². The third-order valence-corrected chi connectivity index (χ3v) is 3.85. The van der Waals surface area contributed by atoms with Gasteiger partial charge >= 0.3 is 5.97 Å². The first-order chi connectivity index (χ1) is 10.1. The zero-order chi connectivity index (χ0) is 15.1. The number of nitrogens with one attached hydrogen (secondary N) is 1. The Morgan fingerprint density at radius 1 is 1.24 bits per heavy atom. The van der Waals surface area contributed by atoms with Crippen molar-refractivity contribution in [2.24, 2.45) is 5.92 Å². The first kappa shape index (κ1) is 15.5. The third kappa shape index (κ3) is 5.55. The van der Waals surface area contributed by atoms with E-state index in [0.29, 0.717) is 12.3 Å². The van der Waals surface area contributed by atoms with Gasteiger partial charge in [0.05, 0.1) is 0 Å². The molecular weight excluding hydrogens is 268 g/mol. The van der Waals surface area contributed by atoms with Gasteiger partial charge in [0.2, 0.25) is 5.91 Å². The molecule has 1 saturated heterocycles. The summed E-state index contributed by atoms with van der Waals surface area (Å²) in [5.74, 6) is -0.246. The topological polar surface area (TPSA) is 69.6 Å². The van der Waals surface area contributed by atoms with E-state index in [-0.39, 0.29) is 12.3 Å². The number of carboxylic acids is 1. The largest absolute Gasteiger partial charge is 0.481 e. The van der Waals surface area contributed by atoms with Gasteiger partial charge < -0.3 is 15.3 Å². The number of amides is 1. The predicted octanol–water partition coefficient (Wildman–Crippen LogP) is 2.20. The molecule has 2 N–H and O–H groups in total. The Balaban J connectivity index is 1.65. The SMILES string of the molecule is O=C(O)CCC1CCN(CCC(=O)Nc2ccccc2)C1. The number of carboxylic acid groups (broad SMARTS) is 1. The fourth-order valence-electron chi connectivity index (χ4n) is 2.68. The van der Waals surface area contributed by atoms with Crippen molar-refractivity contribution in [1.82, 2.24) is 4.90 Å². The Bertz CT molecular complexity index is 476. The van der Waals surface area contributed by atoms with Crippen LogP contribution in [-0.2, 0) is 9.59 Å². The smallest absolute Gasteiger partial charge is 0.303 e. The summed E-state index contributed by atoms with van der Waals surface area (Å²) in [6.07, 6.45) is 2.49. The highest BCUT2D eigenvalue weighted by Gasteiger charge is 2.23. The van der Waals surface area contributed by atoms with Crippen molar-refractivity contribution in [2.75, 3.05) is 25.0 Å². The number of benzene rings is 1. The molecule has 1 atom stereocenters. The summed E-state index contributed by atoms with van der Waals surface area (Å²) in [6.45, 7) is 2.61. The van der Waals surface area contributed by atoms with Crippen molar-refractivity contribution in [2.45, 2.75) is 25.7 Å². The summed E-state index contributed by atoms with van der Waals surface area (Å²) in [5.41, 5.74) is 0.822. The highest BCUT2D eigenvalue weighted by molar-refractivity contribution is 5.90. The van der Waals surface area contributed by atoms with Crippen molar-refractivity contribution in [3.05, 3.63) is 30.3 Å². The average molecular weight is 290 g/mol. The number of aliphatic carboxylic acids is 1. The number of rotatable bonds is 7. The van der Waals surface area contributed by atoms with E-state index >= 15 is 0 Å². The zero-order valence-corrected chi connectivity index (χ0v) is 12.1. The van der Waals surface area contributed by atoms with Crippen LogP contribution in [0.4, 0.5) is 5.69 Å². The number of carbonyl (C=O) groups excluding carboxylic acids is 1. The van der Waals surface area contributed by atoms with Gasteiger partial charge in [-0.3, -0.25) is 9.59 Å². The highest BCUT2D eigenvalue weighted by atomic mass is 16.4. The molecule has 114 valence electrons. The van der Waals surface area contributed by atoms with Gasteiger partial charge in [0, 0.05) is 31.6 Å². The van der Waals surface area contributed by atoms with Gasteiger partial charge in [-0.05, 0) is 37.4 Å². The summed E-state index contributed by atoms with van der Waals surface area (Å²) in [4.78, 5) is 24.7. The third-order valence-electron chi connectivity index (χ3n) is 3.85. The molecule has 1 aliphatic rings. The molecule has 1 unspecified atom stereocenters. The van der Waals surface area contributed by atoms with Gasteiger partial charge in [-0.1, -0.05) is 18.2 Å². The second kappa shape index (κ2) is 7.78. The Hall–Kier alpha value is -1.88. The molecule has 0 saturated carbocycles. The van der Waals surface area contributed by atoms with Crippen molar-refractivity contribution < 1.29 is 14.7 Å². The minimum absolute atomic E-state index is 0.0233. The van der Waals surface area contributed by atoms with Crippen LogP contribution in [0.5, 0.6) is 0 Å². The standard InChI is InChI=1S/C16H22N2O3/c19-15(17-14-4-2-1-3-5-14)9-11-18-10-8-13(12-18)6-7-16(20)21/h1-5,13H,6-12H2,(H,17,19)(H,20,21). The highest BCUT2D eigenvalue weighted by Crippen LogP contribution is 2.21. The summed E-state index contributed by atoms with van der Waals surface area (Å²) >= 11 is 0. The lowest BCUT2D eigenvalue weighted by molar-refractivity contribution is -0.137. The van der Waals surface area contributed by atoms with Crippen LogP contribution in [0.25, 0.3) is 0 Å². The lowest BCUT2D eigenvalue weighted by Crippen LogP contribution is -2.26. The first-order valence-corrected chi connectivity index (χ1v) is 7.42. The van der Waals surface area contributed by atoms with Crippen molar-refractivity contribution in [3.63, 3.8) is 0 Å². The van der Waals surface area contributed by atoms with Gasteiger partial charge in [-0.15, -0.1) is 0 Å². The van der Waals surface area contributed by atoms with Gasteiger partial charge in [-0.2, -0.15) is 0 Å². The van der Waals surface area contributed by atoms with E-state index in [1.807, 2.05) is 30.3 Å². The molecule has 1 amide bonds. The molecule has 1 aromatic carbocycles. The zero-order valence-electron chi connectivity index (χ0n) is 12.1. The van der Waals surface area contributed by atoms with Crippen LogP contribution >= 0.6 is 0 Å². The number of anilines is 1. The van der Waals surface area contributed by atoms with Crippen LogP contribution in [0.2, 0.25) is 0 Å². The van der Waals surface area contributed by atoms with Crippen LogP contribution in [0, 0.1) is 5.92 Å². The van der Waals surface area contributed by atoms with Crippen molar-refractivity contribution >= 4 is 17.6 Å². The molecule has 1 heterocycles. The van der Waals surface area contributed by atoms with E-state index in [1.54, 1.807) is 0 Å². The van der Waals surface area contributed by atoms with Gasteiger partial charge in [0.15, 0.2) is 0 Å². The molecule has 0 radical (unpaired) electrons. The summed E-state index contributed by atoms with van der Waals surface area (Å²) in [6, 6.07) is 9.44. The molecule has 0 spiro atoms. The molecule has 0 bridgehead atoms. The molecule has 21 heavy (non-hydrogen) atoms. The van der Waals surface area contributed by atoms with Crippen LogP contribution in [0.15, 0.2) is 30.3 Å². The maximum atomic E-state index is 11.9. The van der Waals surface area contributed by atoms with Crippen LogP contribution < -0.4 is 5.32 Å². The molecule has 0 aromatic heterocycles. The molecule has 5 nitrogen and oxygen atoms in total. The molecular formula is C16H22N2O3. The van der Waals surface area contributed by atoms with Crippen LogP contribution in [0.1, 0.15) is 25.7 Å². The van der Waals surface area contributed by atoms with Gasteiger partial charge in [-0.25, -0.2) is 0 Å². The second-order valence-corrected chi connectivity index (χ2v) is 5.55. The Labute approximate surface area is 125 Å². The minimum Gasteiger partial charge on any atom is -0.481 e. The number of carbonyl (C=O) groups is 2. The Kier molecular flexibility index (Phi) is 5.75. The fourth-order valence-corrected chi connectivity index (χ4v) is 2.68. The number of para-hydroxylation sites is 1. The molecule has 1 aliphatic heterocycles. The number of hydrogen-bond donors (Lipinski definition) is 2. The van der Waals surface area contributed by atoms with E-state index in [1.165, 1.54) is 0 Å². The molecule has 5 heteroatoms. The van der Waals surface area contributed by atoms with E-state index in [9.17, 15) is 9.59 Å². The Morgan fingerprint density at radius 2 is 2.00 bits per heavy atom. The minimum atomic E-state index is -0.726. The number of nitrogens with zero attached hydrogens (tertiary/aromatic N) is 1. The summed E-state index contributed by atoms with van der Waals surface area (Å²) in [7, 11) is 0. The van der Waals surface area contributed by atoms with Crippen LogP contribution in [-0.4, -0.2) is 41.5 Å². The second-order valence-electron chi connectivity index (χ2n) is 5.55. The number of likely N-dealkylation sites (tertiary alicyclic amines) is 1. The fraction of sp³-hybridized carbons (Fsp3) is 0.500. The van der Waals surface area contributed by atoms with Gasteiger partial charge in [0.1, 0.15) is 0 Å².